The van der Waals surface area contributed by atoms with Crippen molar-refractivity contribution in [3.63, 3.8) is 0 Å². The summed E-state index contributed by atoms with van der Waals surface area (Å²) in [6.07, 6.45) is 0.825. The normalized spacial score (nSPS) is 12.0. The molecule has 0 saturated carbocycles. The molecular weight excluding hydrogens is 412 g/mol. The number of aryl methyl sites for hydroxylation is 1. The van der Waals surface area contributed by atoms with Gasteiger partial charge in [0, 0.05) is 22.7 Å². The predicted molar refractivity (Wildman–Crippen MR) is 116 cm³/mol. The average molecular weight is 433 g/mol. The molecule has 2 aromatic heterocycles. The van der Waals surface area contributed by atoms with Crippen molar-refractivity contribution >= 4 is 45.3 Å². The summed E-state index contributed by atoms with van der Waals surface area (Å²) in [5.74, 6) is -1.14. The number of carbonyl (C=O) groups excluding carboxylic acids is 2. The standard InChI is InChI=1S/C20H21ClN4O3S/c1-4-10(3)24-20-15(19(23)27)16(22)18(29-20)17(26)14-8-13(25-28-14)11-5-6-12(21)9(2)7-11/h5-8,10,24H,4,22H2,1-3H3,(H2,23,27). The number of anilines is 2. The van der Waals surface area contributed by atoms with Crippen LogP contribution in [0.2, 0.25) is 5.02 Å². The van der Waals surface area contributed by atoms with Crippen molar-refractivity contribution in [2.24, 2.45) is 5.73 Å². The first-order valence-corrected chi connectivity index (χ1v) is 10.2. The lowest BCUT2D eigenvalue weighted by atomic mass is 10.1. The van der Waals surface area contributed by atoms with Gasteiger partial charge in [-0.25, -0.2) is 0 Å². The maximum absolute atomic E-state index is 13.0. The molecule has 0 aliphatic carbocycles. The first kappa shape index (κ1) is 20.9. The van der Waals surface area contributed by atoms with Crippen LogP contribution in [-0.2, 0) is 0 Å². The molecule has 3 aromatic rings. The van der Waals surface area contributed by atoms with Gasteiger partial charge in [0.05, 0.1) is 11.3 Å². The minimum Gasteiger partial charge on any atom is -0.397 e. The molecule has 0 fully saturated rings. The maximum atomic E-state index is 13.0. The molecule has 0 radical (unpaired) electrons. The van der Waals surface area contributed by atoms with Crippen LogP contribution >= 0.6 is 22.9 Å². The smallest absolute Gasteiger partial charge is 0.253 e. The number of primary amides is 1. The van der Waals surface area contributed by atoms with E-state index in [9.17, 15) is 9.59 Å². The molecule has 3 rings (SSSR count). The molecular formula is C20H21ClN4O3S. The number of benzene rings is 1. The van der Waals surface area contributed by atoms with E-state index in [-0.39, 0.29) is 27.9 Å². The summed E-state index contributed by atoms with van der Waals surface area (Å²) in [5.41, 5.74) is 13.9. The van der Waals surface area contributed by atoms with E-state index >= 15 is 0 Å². The van der Waals surface area contributed by atoms with Crippen LogP contribution in [0.25, 0.3) is 11.3 Å². The highest BCUT2D eigenvalue weighted by Crippen LogP contribution is 2.38. The van der Waals surface area contributed by atoms with Gasteiger partial charge in [-0.2, -0.15) is 0 Å². The van der Waals surface area contributed by atoms with Crippen molar-refractivity contribution in [3.8, 4) is 11.3 Å². The van der Waals surface area contributed by atoms with Gasteiger partial charge in [-0.05, 0) is 38.0 Å². The highest BCUT2D eigenvalue weighted by molar-refractivity contribution is 7.19. The van der Waals surface area contributed by atoms with Gasteiger partial charge >= 0.3 is 0 Å². The average Bonchev–Trinajstić information content (AvgIpc) is 3.28. The van der Waals surface area contributed by atoms with Gasteiger partial charge < -0.3 is 21.3 Å². The molecule has 9 heteroatoms. The Morgan fingerprint density at radius 1 is 1.34 bits per heavy atom. The minimum absolute atomic E-state index is 0.0201. The van der Waals surface area contributed by atoms with Gasteiger partial charge in [0.25, 0.3) is 5.91 Å². The van der Waals surface area contributed by atoms with Crippen LogP contribution in [0.4, 0.5) is 10.7 Å². The number of nitrogens with two attached hydrogens (primary N) is 2. The van der Waals surface area contributed by atoms with E-state index < -0.39 is 11.7 Å². The van der Waals surface area contributed by atoms with Gasteiger partial charge in [0.15, 0.2) is 0 Å². The molecule has 1 atom stereocenters. The molecule has 1 unspecified atom stereocenters. The molecule has 29 heavy (non-hydrogen) atoms. The molecule has 0 aliphatic heterocycles. The second kappa shape index (κ2) is 8.26. The zero-order valence-electron chi connectivity index (χ0n) is 16.2. The summed E-state index contributed by atoms with van der Waals surface area (Å²) in [5, 5.41) is 8.27. The van der Waals surface area contributed by atoms with Crippen molar-refractivity contribution in [1.29, 1.82) is 0 Å². The summed E-state index contributed by atoms with van der Waals surface area (Å²) in [6, 6.07) is 7.02. The zero-order valence-corrected chi connectivity index (χ0v) is 17.8. The number of hydrogen-bond acceptors (Lipinski definition) is 7. The number of nitrogens with zero attached hydrogens (tertiary/aromatic N) is 1. The molecule has 0 bridgehead atoms. The number of hydrogen-bond donors (Lipinski definition) is 3. The number of rotatable bonds is 7. The fourth-order valence-corrected chi connectivity index (χ4v) is 4.02. The minimum atomic E-state index is -0.696. The molecule has 0 saturated heterocycles. The quantitative estimate of drug-likeness (QED) is 0.472. The SMILES string of the molecule is CCC(C)Nc1sc(C(=O)c2cc(-c3ccc(Cl)c(C)c3)no2)c(N)c1C(N)=O. The summed E-state index contributed by atoms with van der Waals surface area (Å²) in [6.45, 7) is 5.83. The Hall–Kier alpha value is -2.84. The fraction of sp³-hybridized carbons (Fsp3) is 0.250. The van der Waals surface area contributed by atoms with Crippen LogP contribution in [-0.4, -0.2) is 22.9 Å². The molecule has 5 N–H and O–H groups in total. The van der Waals surface area contributed by atoms with E-state index in [0.717, 1.165) is 28.9 Å². The molecule has 0 aliphatic rings. The molecule has 1 aromatic carbocycles. The number of nitrogen functional groups attached to an aromatic ring is 1. The third kappa shape index (κ3) is 4.13. The third-order valence-electron chi connectivity index (χ3n) is 4.58. The lowest BCUT2D eigenvalue weighted by molar-refractivity contribution is 0.1000. The molecule has 152 valence electrons. The maximum Gasteiger partial charge on any atom is 0.253 e. The summed E-state index contributed by atoms with van der Waals surface area (Å²) in [7, 11) is 0. The Kier molecular flexibility index (Phi) is 5.95. The number of ketones is 1. The van der Waals surface area contributed by atoms with Gasteiger partial charge in [-0.1, -0.05) is 29.7 Å². The number of carbonyl (C=O) groups is 2. The van der Waals surface area contributed by atoms with E-state index in [1.807, 2.05) is 26.8 Å². The number of thiophene rings is 1. The molecule has 7 nitrogen and oxygen atoms in total. The largest absolute Gasteiger partial charge is 0.397 e. The van der Waals surface area contributed by atoms with Gasteiger partial charge in [-0.15, -0.1) is 11.3 Å². The Morgan fingerprint density at radius 3 is 2.69 bits per heavy atom. The predicted octanol–water partition coefficient (Wildman–Crippen LogP) is 4.49. The van der Waals surface area contributed by atoms with Crippen molar-refractivity contribution in [2.75, 3.05) is 11.1 Å². The topological polar surface area (TPSA) is 124 Å². The molecule has 2 heterocycles. The van der Waals surface area contributed by atoms with Crippen LogP contribution in [0.1, 0.15) is 51.6 Å². The zero-order chi connectivity index (χ0) is 21.3. The van der Waals surface area contributed by atoms with Crippen LogP contribution < -0.4 is 16.8 Å². The second-order valence-corrected chi connectivity index (χ2v) is 8.16. The van der Waals surface area contributed by atoms with E-state index in [0.29, 0.717) is 15.7 Å². The number of aromatic nitrogens is 1. The van der Waals surface area contributed by atoms with Crippen molar-refractivity contribution in [3.05, 3.63) is 51.1 Å². The van der Waals surface area contributed by atoms with Crippen molar-refractivity contribution in [1.82, 2.24) is 5.16 Å². The van der Waals surface area contributed by atoms with Crippen LogP contribution in [0.15, 0.2) is 28.8 Å². The fourth-order valence-electron chi connectivity index (χ4n) is 2.72. The van der Waals surface area contributed by atoms with E-state index in [2.05, 4.69) is 10.5 Å². The number of nitrogens with one attached hydrogen (secondary N) is 1. The number of amides is 1. The van der Waals surface area contributed by atoms with Crippen LogP contribution in [0, 0.1) is 6.92 Å². The lowest BCUT2D eigenvalue weighted by Gasteiger charge is -2.11. The van der Waals surface area contributed by atoms with Crippen molar-refractivity contribution in [2.45, 2.75) is 33.2 Å². The monoisotopic (exact) mass is 432 g/mol. The van der Waals surface area contributed by atoms with E-state index in [1.54, 1.807) is 12.1 Å². The summed E-state index contributed by atoms with van der Waals surface area (Å²) >= 11 is 7.13. The van der Waals surface area contributed by atoms with Crippen LogP contribution in [0.3, 0.4) is 0 Å². The van der Waals surface area contributed by atoms with Crippen molar-refractivity contribution < 1.29 is 14.1 Å². The third-order valence-corrected chi connectivity index (χ3v) is 6.13. The number of halogens is 1. The Morgan fingerprint density at radius 2 is 2.07 bits per heavy atom. The molecule has 1 amide bonds. The van der Waals surface area contributed by atoms with E-state index in [1.165, 1.54) is 6.07 Å². The Labute approximate surface area is 177 Å². The van der Waals surface area contributed by atoms with Crippen LogP contribution in [0.5, 0.6) is 0 Å². The van der Waals surface area contributed by atoms with Gasteiger partial charge in [-0.3, -0.25) is 9.59 Å². The summed E-state index contributed by atoms with van der Waals surface area (Å²) in [4.78, 5) is 25.0. The highest BCUT2D eigenvalue weighted by atomic mass is 35.5. The first-order valence-electron chi connectivity index (χ1n) is 8.99. The summed E-state index contributed by atoms with van der Waals surface area (Å²) < 4.78 is 5.25. The van der Waals surface area contributed by atoms with Gasteiger partial charge in [0.2, 0.25) is 11.5 Å². The Bertz CT molecular complexity index is 1090. The van der Waals surface area contributed by atoms with Gasteiger partial charge in [0.1, 0.15) is 15.6 Å². The second-order valence-electron chi connectivity index (χ2n) is 6.74. The highest BCUT2D eigenvalue weighted by Gasteiger charge is 2.27. The Balaban J connectivity index is 1.96. The lowest BCUT2D eigenvalue weighted by Crippen LogP contribution is -2.18. The van der Waals surface area contributed by atoms with E-state index in [4.69, 9.17) is 27.6 Å². The molecule has 0 spiro atoms. The first-order chi connectivity index (χ1) is 13.7.